The van der Waals surface area contributed by atoms with E-state index in [1.54, 1.807) is 0 Å². The minimum absolute atomic E-state index is 0.878. The summed E-state index contributed by atoms with van der Waals surface area (Å²) in [6, 6.07) is 0. The third-order valence-electron chi connectivity index (χ3n) is 1.43. The van der Waals surface area contributed by atoms with Crippen LogP contribution in [0.25, 0.3) is 0 Å². The third kappa shape index (κ3) is 1.03. The highest BCUT2D eigenvalue weighted by atomic mass is 15.3. The molecule has 52 valence electrons. The van der Waals surface area contributed by atoms with E-state index < -0.39 is 0 Å². The van der Waals surface area contributed by atoms with Crippen LogP contribution in [0.4, 0.5) is 0 Å². The predicted molar refractivity (Wildman–Crippen MR) is 40.6 cm³/mol. The Labute approximate surface area is 60.9 Å². The topological polar surface area (TPSA) is 17.8 Å². The van der Waals surface area contributed by atoms with Crippen LogP contribution in [0.3, 0.4) is 0 Å². The van der Waals surface area contributed by atoms with Gasteiger partial charge in [0.2, 0.25) is 0 Å². The van der Waals surface area contributed by atoms with Crippen LogP contribution in [-0.2, 0) is 6.54 Å². The van der Waals surface area contributed by atoms with Gasteiger partial charge in [0.15, 0.2) is 0 Å². The van der Waals surface area contributed by atoms with Crippen molar-refractivity contribution in [3.63, 3.8) is 0 Å². The first-order valence-corrected chi connectivity index (χ1v) is 3.28. The van der Waals surface area contributed by atoms with Crippen molar-refractivity contribution in [1.29, 1.82) is 0 Å². The number of hydrogen-bond acceptors (Lipinski definition) is 1. The zero-order valence-electron chi connectivity index (χ0n) is 6.26. The second-order valence-corrected chi connectivity index (χ2v) is 2.13. The van der Waals surface area contributed by atoms with Crippen molar-refractivity contribution in [2.24, 2.45) is 0 Å². The fourth-order valence-electron chi connectivity index (χ4n) is 0.822. The lowest BCUT2D eigenvalue weighted by molar-refractivity contribution is 0.653. The quantitative estimate of drug-likeness (QED) is 0.527. The van der Waals surface area contributed by atoms with Gasteiger partial charge >= 0.3 is 0 Å². The van der Waals surface area contributed by atoms with Crippen molar-refractivity contribution in [1.82, 2.24) is 9.78 Å². The zero-order valence-corrected chi connectivity index (χ0v) is 6.26. The molecule has 2 heteroatoms. The normalized spacial score (nSPS) is 9.30. The van der Waals surface area contributed by atoms with E-state index in [1.165, 1.54) is 0 Å². The number of nitrogens with zero attached hydrogens (tertiary/aromatic N) is 2. The summed E-state index contributed by atoms with van der Waals surface area (Å²) in [4.78, 5) is 0. The molecule has 0 N–H and O–H groups in total. The van der Waals surface area contributed by atoms with E-state index in [2.05, 4.69) is 11.0 Å². The van der Waals surface area contributed by atoms with Crippen molar-refractivity contribution < 1.29 is 0 Å². The molecule has 0 saturated heterocycles. The maximum atomic E-state index is 5.22. The van der Waals surface area contributed by atoms with Crippen LogP contribution < -0.4 is 0 Å². The van der Waals surface area contributed by atoms with E-state index in [1.807, 2.05) is 24.7 Å². The monoisotopic (exact) mass is 134 g/mol. The Hall–Kier alpha value is -1.23. The SMILES string of the molecule is C#Cc1cn(CC)nc1C. The van der Waals surface area contributed by atoms with Crippen LogP contribution in [-0.4, -0.2) is 9.78 Å². The first-order chi connectivity index (χ1) is 4.77. The summed E-state index contributed by atoms with van der Waals surface area (Å²) in [7, 11) is 0. The van der Waals surface area contributed by atoms with Gasteiger partial charge in [-0.25, -0.2) is 0 Å². The molecular weight excluding hydrogens is 124 g/mol. The maximum absolute atomic E-state index is 5.22. The Balaban J connectivity index is 3.07. The molecule has 0 fully saturated rings. The van der Waals surface area contributed by atoms with Gasteiger partial charge in [-0.3, -0.25) is 4.68 Å². The van der Waals surface area contributed by atoms with Gasteiger partial charge in [0.05, 0.1) is 11.3 Å². The van der Waals surface area contributed by atoms with Gasteiger partial charge in [0.25, 0.3) is 0 Å². The Bertz CT molecular complexity index is 265. The van der Waals surface area contributed by atoms with Crippen molar-refractivity contribution in [3.05, 3.63) is 17.5 Å². The van der Waals surface area contributed by atoms with E-state index in [-0.39, 0.29) is 0 Å². The second-order valence-electron chi connectivity index (χ2n) is 2.13. The summed E-state index contributed by atoms with van der Waals surface area (Å²) < 4.78 is 1.84. The minimum atomic E-state index is 0.878. The maximum Gasteiger partial charge on any atom is 0.0750 e. The Morgan fingerprint density at radius 2 is 2.50 bits per heavy atom. The molecule has 2 nitrogen and oxygen atoms in total. The molecule has 0 bridgehead atoms. The summed E-state index contributed by atoms with van der Waals surface area (Å²) in [6.07, 6.45) is 7.10. The summed E-state index contributed by atoms with van der Waals surface area (Å²) >= 11 is 0. The molecular formula is C8H10N2. The number of aryl methyl sites for hydroxylation is 2. The molecule has 0 unspecified atom stereocenters. The predicted octanol–water partition coefficient (Wildman–Crippen LogP) is 1.19. The Morgan fingerprint density at radius 3 is 2.80 bits per heavy atom. The molecule has 0 radical (unpaired) electrons. The molecule has 0 aliphatic heterocycles. The molecule has 1 aromatic rings. The average Bonchev–Trinajstić information content (AvgIpc) is 2.30. The highest BCUT2D eigenvalue weighted by molar-refractivity contribution is 5.32. The van der Waals surface area contributed by atoms with Gasteiger partial charge in [-0.05, 0) is 13.8 Å². The lowest BCUT2D eigenvalue weighted by Gasteiger charge is -1.88. The lowest BCUT2D eigenvalue weighted by atomic mass is 10.3. The minimum Gasteiger partial charge on any atom is -0.271 e. The zero-order chi connectivity index (χ0) is 7.56. The van der Waals surface area contributed by atoms with Crippen LogP contribution in [0.5, 0.6) is 0 Å². The first kappa shape index (κ1) is 6.88. The number of rotatable bonds is 1. The second kappa shape index (κ2) is 2.57. The molecule has 0 amide bonds. The smallest absolute Gasteiger partial charge is 0.0750 e. The van der Waals surface area contributed by atoms with Gasteiger partial charge in [0.1, 0.15) is 0 Å². The molecule has 0 aliphatic rings. The molecule has 0 saturated carbocycles. The van der Waals surface area contributed by atoms with Crippen LogP contribution in [0.15, 0.2) is 6.20 Å². The van der Waals surface area contributed by atoms with Crippen molar-refractivity contribution in [2.75, 3.05) is 0 Å². The number of terminal acetylenes is 1. The van der Waals surface area contributed by atoms with Crippen molar-refractivity contribution >= 4 is 0 Å². The summed E-state index contributed by atoms with van der Waals surface area (Å²) in [6.45, 7) is 4.83. The summed E-state index contributed by atoms with van der Waals surface area (Å²) in [5, 5.41) is 4.17. The van der Waals surface area contributed by atoms with Gasteiger partial charge in [-0.2, -0.15) is 5.10 Å². The molecule has 10 heavy (non-hydrogen) atoms. The third-order valence-corrected chi connectivity index (χ3v) is 1.43. The highest BCUT2D eigenvalue weighted by Crippen LogP contribution is 2.02. The fraction of sp³-hybridized carbons (Fsp3) is 0.375. The van der Waals surface area contributed by atoms with Gasteiger partial charge in [0, 0.05) is 12.7 Å². The summed E-state index contributed by atoms with van der Waals surface area (Å²) in [5.41, 5.74) is 1.83. The molecule has 0 atom stereocenters. The fourth-order valence-corrected chi connectivity index (χ4v) is 0.822. The van der Waals surface area contributed by atoms with E-state index in [4.69, 9.17) is 6.42 Å². The Morgan fingerprint density at radius 1 is 1.80 bits per heavy atom. The molecule has 0 aliphatic carbocycles. The standard InChI is InChI=1S/C8H10N2/c1-4-8-6-10(5-2)9-7(8)3/h1,6H,5H2,2-3H3. The molecule has 0 aromatic carbocycles. The van der Waals surface area contributed by atoms with Gasteiger partial charge < -0.3 is 0 Å². The average molecular weight is 134 g/mol. The van der Waals surface area contributed by atoms with Crippen LogP contribution in [0, 0.1) is 19.3 Å². The number of aromatic nitrogens is 2. The molecule has 1 aromatic heterocycles. The lowest BCUT2D eigenvalue weighted by Crippen LogP contribution is -1.93. The number of hydrogen-bond donors (Lipinski definition) is 0. The van der Waals surface area contributed by atoms with E-state index >= 15 is 0 Å². The Kier molecular flexibility index (Phi) is 1.77. The van der Waals surface area contributed by atoms with Crippen LogP contribution >= 0.6 is 0 Å². The highest BCUT2D eigenvalue weighted by Gasteiger charge is 1.98. The molecule has 1 heterocycles. The van der Waals surface area contributed by atoms with Crippen molar-refractivity contribution in [3.8, 4) is 12.3 Å². The molecule has 1 rings (SSSR count). The molecule has 0 spiro atoms. The van der Waals surface area contributed by atoms with E-state index in [0.717, 1.165) is 17.8 Å². The van der Waals surface area contributed by atoms with E-state index in [9.17, 15) is 0 Å². The van der Waals surface area contributed by atoms with Crippen LogP contribution in [0.1, 0.15) is 18.2 Å². The van der Waals surface area contributed by atoms with E-state index in [0.29, 0.717) is 0 Å². The van der Waals surface area contributed by atoms with Crippen molar-refractivity contribution in [2.45, 2.75) is 20.4 Å². The summed E-state index contributed by atoms with van der Waals surface area (Å²) in [5.74, 6) is 2.57. The largest absolute Gasteiger partial charge is 0.271 e. The van der Waals surface area contributed by atoms with Gasteiger partial charge in [-0.1, -0.05) is 5.92 Å². The van der Waals surface area contributed by atoms with Crippen LogP contribution in [0.2, 0.25) is 0 Å². The van der Waals surface area contributed by atoms with Gasteiger partial charge in [-0.15, -0.1) is 6.42 Å². The first-order valence-electron chi connectivity index (χ1n) is 3.28.